The van der Waals surface area contributed by atoms with E-state index in [-0.39, 0.29) is 0 Å². The summed E-state index contributed by atoms with van der Waals surface area (Å²) in [5.74, 6) is -0.901. The van der Waals surface area contributed by atoms with Crippen LogP contribution in [0.4, 0.5) is 5.69 Å². The van der Waals surface area contributed by atoms with Crippen LogP contribution in [0.25, 0.3) is 0 Å². The van der Waals surface area contributed by atoms with Crippen LogP contribution in [-0.2, 0) is 16.8 Å². The minimum atomic E-state index is -1.23. The highest BCUT2D eigenvalue weighted by molar-refractivity contribution is 5.85. The third-order valence-electron chi connectivity index (χ3n) is 4.08. The predicted octanol–water partition coefficient (Wildman–Crippen LogP) is 4.32. The zero-order valence-electron chi connectivity index (χ0n) is 13.2. The van der Waals surface area contributed by atoms with Crippen LogP contribution in [0, 0.1) is 0 Å². The quantitative estimate of drug-likeness (QED) is 0.712. The Kier molecular flexibility index (Phi) is 4.62. The molecule has 3 aromatic carbocycles. The third kappa shape index (κ3) is 3.30. The van der Waals surface area contributed by atoms with Crippen molar-refractivity contribution in [3.8, 4) is 0 Å². The molecule has 0 aliphatic heterocycles. The van der Waals surface area contributed by atoms with E-state index in [4.69, 9.17) is 0 Å². The molecule has 120 valence electrons. The van der Waals surface area contributed by atoms with Gasteiger partial charge >= 0.3 is 5.97 Å². The number of carbonyl (C=O) groups is 1. The fourth-order valence-electron chi connectivity index (χ4n) is 2.86. The molecule has 3 aromatic rings. The molecule has 3 nitrogen and oxygen atoms in total. The number of hydrogen-bond donors (Lipinski definition) is 2. The van der Waals surface area contributed by atoms with Crippen molar-refractivity contribution in [1.82, 2.24) is 0 Å². The molecule has 0 saturated heterocycles. The minimum Gasteiger partial charge on any atom is -0.479 e. The Morgan fingerprint density at radius 1 is 0.792 bits per heavy atom. The van der Waals surface area contributed by atoms with Crippen molar-refractivity contribution in [2.45, 2.75) is 12.0 Å². The van der Waals surface area contributed by atoms with Gasteiger partial charge < -0.3 is 10.4 Å². The van der Waals surface area contributed by atoms with Gasteiger partial charge in [-0.05, 0) is 23.3 Å². The summed E-state index contributed by atoms with van der Waals surface area (Å²) in [5, 5.41) is 13.4. The molecular formula is C21H19NO2. The van der Waals surface area contributed by atoms with E-state index in [9.17, 15) is 9.90 Å². The Hall–Kier alpha value is -3.07. The standard InChI is InChI=1S/C21H19NO2/c23-20(24)21(18-12-6-2-7-13-18,16-17-10-4-1-5-11-17)22-19-14-8-3-9-15-19/h1-15,22H,16H2,(H,23,24). The number of aliphatic carboxylic acids is 1. The SMILES string of the molecule is O=C(O)C(Cc1ccccc1)(Nc1ccccc1)c1ccccc1. The van der Waals surface area contributed by atoms with Crippen LogP contribution in [0.15, 0.2) is 91.0 Å². The average molecular weight is 317 g/mol. The molecule has 0 bridgehead atoms. The molecule has 3 rings (SSSR count). The second-order valence-electron chi connectivity index (χ2n) is 5.73. The fraction of sp³-hybridized carbons (Fsp3) is 0.0952. The Morgan fingerprint density at radius 2 is 1.29 bits per heavy atom. The number of carboxylic acids is 1. The summed E-state index contributed by atoms with van der Waals surface area (Å²) in [6.45, 7) is 0. The van der Waals surface area contributed by atoms with E-state index < -0.39 is 11.5 Å². The Labute approximate surface area is 141 Å². The van der Waals surface area contributed by atoms with E-state index in [0.717, 1.165) is 16.8 Å². The summed E-state index contributed by atoms with van der Waals surface area (Å²) in [6, 6.07) is 28.5. The van der Waals surface area contributed by atoms with Gasteiger partial charge in [0.15, 0.2) is 5.54 Å². The highest BCUT2D eigenvalue weighted by Crippen LogP contribution is 2.31. The monoisotopic (exact) mass is 317 g/mol. The molecule has 0 radical (unpaired) electrons. The van der Waals surface area contributed by atoms with E-state index in [1.807, 2.05) is 91.0 Å². The molecular weight excluding hydrogens is 298 g/mol. The lowest BCUT2D eigenvalue weighted by atomic mass is 9.83. The molecule has 0 aliphatic carbocycles. The van der Waals surface area contributed by atoms with E-state index in [1.165, 1.54) is 0 Å². The van der Waals surface area contributed by atoms with Crippen LogP contribution >= 0.6 is 0 Å². The van der Waals surface area contributed by atoms with E-state index in [2.05, 4.69) is 5.32 Å². The second-order valence-corrected chi connectivity index (χ2v) is 5.73. The van der Waals surface area contributed by atoms with Crippen molar-refractivity contribution in [1.29, 1.82) is 0 Å². The zero-order valence-corrected chi connectivity index (χ0v) is 13.2. The summed E-state index contributed by atoms with van der Waals surface area (Å²) in [4.78, 5) is 12.4. The van der Waals surface area contributed by atoms with Crippen LogP contribution in [0.3, 0.4) is 0 Å². The number of carboxylic acid groups (broad SMARTS) is 1. The Morgan fingerprint density at radius 3 is 1.83 bits per heavy atom. The van der Waals surface area contributed by atoms with Crippen molar-refractivity contribution in [3.05, 3.63) is 102 Å². The van der Waals surface area contributed by atoms with Gasteiger partial charge in [0, 0.05) is 12.1 Å². The summed E-state index contributed by atoms with van der Waals surface area (Å²) in [7, 11) is 0. The molecule has 0 amide bonds. The maximum Gasteiger partial charge on any atom is 0.334 e. The highest BCUT2D eigenvalue weighted by atomic mass is 16.4. The van der Waals surface area contributed by atoms with Gasteiger partial charge in [0.1, 0.15) is 0 Å². The van der Waals surface area contributed by atoms with Gasteiger partial charge in [0.05, 0.1) is 0 Å². The van der Waals surface area contributed by atoms with Gasteiger partial charge in [-0.3, -0.25) is 0 Å². The van der Waals surface area contributed by atoms with Crippen molar-refractivity contribution >= 4 is 11.7 Å². The smallest absolute Gasteiger partial charge is 0.334 e. The number of anilines is 1. The van der Waals surface area contributed by atoms with Crippen molar-refractivity contribution in [2.75, 3.05) is 5.32 Å². The molecule has 0 aliphatic rings. The molecule has 3 heteroatoms. The number of hydrogen-bond acceptors (Lipinski definition) is 2. The van der Waals surface area contributed by atoms with Gasteiger partial charge in [-0.15, -0.1) is 0 Å². The van der Waals surface area contributed by atoms with Crippen LogP contribution in [0.5, 0.6) is 0 Å². The normalized spacial score (nSPS) is 13.0. The first-order chi connectivity index (χ1) is 11.7. The molecule has 1 unspecified atom stereocenters. The van der Waals surface area contributed by atoms with Crippen LogP contribution in [-0.4, -0.2) is 11.1 Å². The maximum absolute atomic E-state index is 12.4. The first-order valence-electron chi connectivity index (χ1n) is 7.87. The first-order valence-corrected chi connectivity index (χ1v) is 7.87. The molecule has 24 heavy (non-hydrogen) atoms. The Bertz CT molecular complexity index is 744. The minimum absolute atomic E-state index is 0.349. The zero-order chi connectivity index (χ0) is 16.8. The summed E-state index contributed by atoms with van der Waals surface area (Å²) in [6.07, 6.45) is 0.349. The molecule has 0 fully saturated rings. The average Bonchev–Trinajstić information content (AvgIpc) is 2.63. The molecule has 2 N–H and O–H groups in total. The number of rotatable bonds is 6. The molecule has 0 aromatic heterocycles. The maximum atomic E-state index is 12.4. The van der Waals surface area contributed by atoms with Gasteiger partial charge in [-0.25, -0.2) is 4.79 Å². The third-order valence-corrected chi connectivity index (χ3v) is 4.08. The summed E-state index contributed by atoms with van der Waals surface area (Å²) >= 11 is 0. The van der Waals surface area contributed by atoms with E-state index in [1.54, 1.807) is 0 Å². The van der Waals surface area contributed by atoms with E-state index in [0.29, 0.717) is 6.42 Å². The van der Waals surface area contributed by atoms with Crippen molar-refractivity contribution < 1.29 is 9.90 Å². The molecule has 0 heterocycles. The lowest BCUT2D eigenvalue weighted by molar-refractivity contribution is -0.142. The molecule has 1 atom stereocenters. The number of nitrogens with one attached hydrogen (secondary N) is 1. The molecule has 0 spiro atoms. The predicted molar refractivity (Wildman–Crippen MR) is 96.0 cm³/mol. The summed E-state index contributed by atoms with van der Waals surface area (Å²) < 4.78 is 0. The van der Waals surface area contributed by atoms with E-state index >= 15 is 0 Å². The molecule has 0 saturated carbocycles. The van der Waals surface area contributed by atoms with Crippen LogP contribution in [0.2, 0.25) is 0 Å². The van der Waals surface area contributed by atoms with Gasteiger partial charge in [-0.1, -0.05) is 78.9 Å². The summed E-state index contributed by atoms with van der Waals surface area (Å²) in [5.41, 5.74) is 1.24. The lowest BCUT2D eigenvalue weighted by Crippen LogP contribution is -2.45. The van der Waals surface area contributed by atoms with Gasteiger partial charge in [0.2, 0.25) is 0 Å². The van der Waals surface area contributed by atoms with Crippen molar-refractivity contribution in [3.63, 3.8) is 0 Å². The fourth-order valence-corrected chi connectivity index (χ4v) is 2.86. The largest absolute Gasteiger partial charge is 0.479 e. The topological polar surface area (TPSA) is 49.3 Å². The van der Waals surface area contributed by atoms with Crippen molar-refractivity contribution in [2.24, 2.45) is 0 Å². The second kappa shape index (κ2) is 7.01. The first kappa shape index (κ1) is 15.8. The van der Waals surface area contributed by atoms with Gasteiger partial charge in [-0.2, -0.15) is 0 Å². The lowest BCUT2D eigenvalue weighted by Gasteiger charge is -2.32. The van der Waals surface area contributed by atoms with Crippen LogP contribution < -0.4 is 5.32 Å². The Balaban J connectivity index is 2.08. The number of benzene rings is 3. The van der Waals surface area contributed by atoms with Gasteiger partial charge in [0.25, 0.3) is 0 Å². The van der Waals surface area contributed by atoms with Crippen LogP contribution in [0.1, 0.15) is 11.1 Å². The number of para-hydroxylation sites is 1. The highest BCUT2D eigenvalue weighted by Gasteiger charge is 2.40.